The van der Waals surface area contributed by atoms with Crippen molar-refractivity contribution in [2.45, 2.75) is 74.6 Å². The van der Waals surface area contributed by atoms with Crippen LogP contribution in [0.2, 0.25) is 0 Å². The Morgan fingerprint density at radius 3 is 2.41 bits per heavy atom. The number of carbonyl (C=O) groups excluding carboxylic acids is 3. The van der Waals surface area contributed by atoms with Gasteiger partial charge in [0.1, 0.15) is 6.04 Å². The average molecular weight is 554 g/mol. The Bertz CT molecular complexity index is 1100. The maximum absolute atomic E-state index is 14.6. The van der Waals surface area contributed by atoms with Crippen LogP contribution in [-0.2, 0) is 14.4 Å². The second-order valence-corrected chi connectivity index (χ2v) is 13.5. The van der Waals surface area contributed by atoms with E-state index in [1.54, 1.807) is 38.6 Å². The highest BCUT2D eigenvalue weighted by Crippen LogP contribution is 2.67. The zero-order valence-electron chi connectivity index (χ0n) is 23.7. The quantitative estimate of drug-likeness (QED) is 0.418. The molecule has 7 nitrogen and oxygen atoms in total. The fourth-order valence-corrected chi connectivity index (χ4v) is 9.11. The van der Waals surface area contributed by atoms with Gasteiger partial charge in [-0.05, 0) is 45.6 Å². The van der Waals surface area contributed by atoms with Crippen molar-refractivity contribution in [2.75, 3.05) is 26.2 Å². The second kappa shape index (κ2) is 11.5. The van der Waals surface area contributed by atoms with Crippen LogP contribution >= 0.6 is 11.8 Å². The van der Waals surface area contributed by atoms with Gasteiger partial charge in [0.2, 0.25) is 17.7 Å². The van der Waals surface area contributed by atoms with Gasteiger partial charge in [0.25, 0.3) is 0 Å². The lowest BCUT2D eigenvalue weighted by Crippen LogP contribution is -2.59. The molecule has 3 saturated heterocycles. The van der Waals surface area contributed by atoms with Gasteiger partial charge in [-0.1, -0.05) is 49.4 Å². The van der Waals surface area contributed by atoms with Crippen LogP contribution in [0.3, 0.4) is 0 Å². The van der Waals surface area contributed by atoms with Crippen LogP contribution in [0.25, 0.3) is 0 Å². The van der Waals surface area contributed by atoms with Crippen LogP contribution in [0, 0.1) is 11.8 Å². The molecule has 212 valence electrons. The molecule has 39 heavy (non-hydrogen) atoms. The number of rotatable bonds is 11. The minimum Gasteiger partial charge on any atom is -0.394 e. The van der Waals surface area contributed by atoms with E-state index >= 15 is 0 Å². The van der Waals surface area contributed by atoms with Crippen molar-refractivity contribution < 1.29 is 19.5 Å². The number of hydrogen-bond donors (Lipinski definition) is 1. The molecule has 2 unspecified atom stereocenters. The van der Waals surface area contributed by atoms with Crippen LogP contribution in [0.1, 0.15) is 58.6 Å². The lowest BCUT2D eigenvalue weighted by molar-refractivity contribution is -0.149. The molecule has 3 amide bonds. The minimum atomic E-state index is -0.793. The Morgan fingerprint density at radius 2 is 1.85 bits per heavy atom. The van der Waals surface area contributed by atoms with Crippen molar-refractivity contribution in [3.8, 4) is 0 Å². The molecule has 1 N–H and O–H groups in total. The fourth-order valence-electron chi connectivity index (χ4n) is 6.92. The number of aliphatic hydroxyl groups is 1. The summed E-state index contributed by atoms with van der Waals surface area (Å²) in [5, 5.41) is 10.7. The number of nitrogens with zero attached hydrogens (tertiary/aromatic N) is 3. The summed E-state index contributed by atoms with van der Waals surface area (Å²) in [6, 6.07) is 7.92. The topological polar surface area (TPSA) is 81.2 Å². The summed E-state index contributed by atoms with van der Waals surface area (Å²) in [6.07, 6.45) is 5.71. The molecule has 0 saturated carbocycles. The summed E-state index contributed by atoms with van der Waals surface area (Å²) in [6.45, 7) is 16.7. The number of thioether (sulfide) groups is 1. The third kappa shape index (κ3) is 4.95. The first-order chi connectivity index (χ1) is 18.6. The van der Waals surface area contributed by atoms with E-state index in [2.05, 4.69) is 13.2 Å². The van der Waals surface area contributed by atoms with Gasteiger partial charge in [0.05, 0.1) is 29.2 Å². The Hall–Kier alpha value is -2.58. The number of hydrogen-bond acceptors (Lipinski definition) is 5. The summed E-state index contributed by atoms with van der Waals surface area (Å²) in [5.74, 6) is -1.49. The summed E-state index contributed by atoms with van der Waals surface area (Å²) < 4.78 is -0.724. The Kier molecular flexibility index (Phi) is 8.67. The maximum atomic E-state index is 14.6. The Morgan fingerprint density at radius 1 is 1.18 bits per heavy atom. The van der Waals surface area contributed by atoms with Crippen LogP contribution in [0.4, 0.5) is 0 Å². The van der Waals surface area contributed by atoms with Crippen LogP contribution in [0.5, 0.6) is 0 Å². The van der Waals surface area contributed by atoms with E-state index < -0.39 is 34.2 Å². The zero-order chi connectivity index (χ0) is 28.5. The highest BCUT2D eigenvalue weighted by atomic mass is 32.2. The van der Waals surface area contributed by atoms with Gasteiger partial charge in [0.15, 0.2) is 0 Å². The monoisotopic (exact) mass is 553 g/mol. The third-order valence-corrected chi connectivity index (χ3v) is 10.4. The highest BCUT2D eigenvalue weighted by Gasteiger charge is 2.75. The molecular formula is C31H43N3O4S. The van der Waals surface area contributed by atoms with Gasteiger partial charge >= 0.3 is 0 Å². The molecule has 0 radical (unpaired) electrons. The molecule has 0 aliphatic carbocycles. The summed E-state index contributed by atoms with van der Waals surface area (Å²) in [5.41, 5.74) is 0.268. The lowest BCUT2D eigenvalue weighted by Gasteiger charge is -2.43. The first-order valence-electron chi connectivity index (χ1n) is 14.0. The number of amides is 3. The van der Waals surface area contributed by atoms with E-state index in [0.29, 0.717) is 26.1 Å². The zero-order valence-corrected chi connectivity index (χ0v) is 24.5. The normalized spacial score (nSPS) is 28.2. The second-order valence-electron chi connectivity index (χ2n) is 11.9. The van der Waals surface area contributed by atoms with E-state index in [4.69, 9.17) is 0 Å². The van der Waals surface area contributed by atoms with Crippen molar-refractivity contribution in [1.29, 1.82) is 0 Å². The molecule has 2 bridgehead atoms. The molecule has 0 aromatic heterocycles. The fraction of sp³-hybridized carbons (Fsp3) is 0.581. The number of carbonyl (C=O) groups is 3. The van der Waals surface area contributed by atoms with E-state index in [-0.39, 0.29) is 29.6 Å². The number of fused-ring (bicyclic) bond motifs is 1. The SMILES string of the molecule is C=CCN(CCC)C(=O)[C@@H]1[C@H]2C(=O)N([C@H](CO)c3ccccc3)C(C(=O)N(CC=C)C(C)(C)C)C23CC[C@H]1S3. The summed E-state index contributed by atoms with van der Waals surface area (Å²) >= 11 is 1.66. The predicted octanol–water partition coefficient (Wildman–Crippen LogP) is 4.05. The molecule has 1 aromatic rings. The number of benzene rings is 1. The van der Waals surface area contributed by atoms with Crippen molar-refractivity contribution in [2.24, 2.45) is 11.8 Å². The summed E-state index contributed by atoms with van der Waals surface area (Å²) in [7, 11) is 0. The Labute approximate surface area is 237 Å². The van der Waals surface area contributed by atoms with E-state index in [0.717, 1.165) is 18.4 Å². The molecule has 4 rings (SSSR count). The number of aliphatic hydroxyl groups excluding tert-OH is 1. The average Bonchev–Trinajstić information content (AvgIpc) is 3.54. The van der Waals surface area contributed by atoms with Crippen molar-refractivity contribution in [3.63, 3.8) is 0 Å². The molecule has 3 heterocycles. The first-order valence-corrected chi connectivity index (χ1v) is 14.9. The van der Waals surface area contributed by atoms with Gasteiger partial charge in [-0.3, -0.25) is 14.4 Å². The predicted molar refractivity (Wildman–Crippen MR) is 156 cm³/mol. The molecule has 1 aromatic carbocycles. The maximum Gasteiger partial charge on any atom is 0.247 e. The van der Waals surface area contributed by atoms with Crippen molar-refractivity contribution >= 4 is 29.5 Å². The first kappa shape index (κ1) is 29.4. The third-order valence-electron chi connectivity index (χ3n) is 8.49. The highest BCUT2D eigenvalue weighted by molar-refractivity contribution is 8.02. The molecule has 3 aliphatic heterocycles. The molecular weight excluding hydrogens is 510 g/mol. The molecule has 3 aliphatic rings. The van der Waals surface area contributed by atoms with E-state index in [9.17, 15) is 19.5 Å². The summed E-state index contributed by atoms with van der Waals surface area (Å²) in [4.78, 5) is 48.4. The smallest absolute Gasteiger partial charge is 0.247 e. The minimum absolute atomic E-state index is 0.0140. The van der Waals surface area contributed by atoms with Crippen LogP contribution in [-0.4, -0.2) is 85.3 Å². The van der Waals surface area contributed by atoms with Gasteiger partial charge in [0, 0.05) is 30.4 Å². The Balaban J connectivity index is 1.85. The standard InChI is InChI=1S/C31H43N3O4S/c1-7-17-32(18-8-2)27(36)24-23-15-16-31(39-23)25(24)28(37)34(22(20-35)21-13-11-10-12-14-21)26(31)29(38)33(19-9-3)30(4,5)6/h7,9-14,22-26,35H,1,3,8,15-20H2,2,4-6H3/t22-,23-,24+,25+,26?,31?/m1/s1. The van der Waals surface area contributed by atoms with Gasteiger partial charge < -0.3 is 19.8 Å². The van der Waals surface area contributed by atoms with Gasteiger partial charge in [-0.2, -0.15) is 0 Å². The molecule has 8 heteroatoms. The number of likely N-dealkylation sites (tertiary alicyclic amines) is 1. The van der Waals surface area contributed by atoms with E-state index in [1.165, 1.54) is 0 Å². The van der Waals surface area contributed by atoms with Crippen LogP contribution < -0.4 is 0 Å². The molecule has 3 fully saturated rings. The van der Waals surface area contributed by atoms with Gasteiger partial charge in [-0.15, -0.1) is 24.9 Å². The molecule has 1 spiro atoms. The van der Waals surface area contributed by atoms with Crippen molar-refractivity contribution in [1.82, 2.24) is 14.7 Å². The van der Waals surface area contributed by atoms with Crippen molar-refractivity contribution in [3.05, 3.63) is 61.2 Å². The van der Waals surface area contributed by atoms with Crippen LogP contribution in [0.15, 0.2) is 55.6 Å². The molecule has 6 atom stereocenters. The lowest BCUT2D eigenvalue weighted by atomic mass is 9.70. The van der Waals surface area contributed by atoms with E-state index in [1.807, 2.05) is 58.0 Å². The van der Waals surface area contributed by atoms with Gasteiger partial charge in [-0.25, -0.2) is 0 Å². The largest absolute Gasteiger partial charge is 0.394 e.